The molecule has 1 N–H and O–H groups in total. The van der Waals surface area contributed by atoms with Gasteiger partial charge in [-0.25, -0.2) is 4.98 Å². The molecule has 2 amide bonds. The van der Waals surface area contributed by atoms with Crippen molar-refractivity contribution in [2.24, 2.45) is 0 Å². The minimum Gasteiger partial charge on any atom is -0.345 e. The summed E-state index contributed by atoms with van der Waals surface area (Å²) in [4.78, 5) is 32.0. The molecule has 0 aliphatic rings. The van der Waals surface area contributed by atoms with E-state index in [0.717, 1.165) is 16.8 Å². The minimum absolute atomic E-state index is 0.183. The molecule has 2 heterocycles. The molecular weight excluding hydrogens is 376 g/mol. The van der Waals surface area contributed by atoms with E-state index in [2.05, 4.69) is 10.3 Å². The van der Waals surface area contributed by atoms with Crippen LogP contribution in [0.2, 0.25) is 0 Å². The van der Waals surface area contributed by atoms with Crippen molar-refractivity contribution in [3.8, 4) is 0 Å². The lowest BCUT2D eigenvalue weighted by Crippen LogP contribution is -2.27. The molecule has 0 radical (unpaired) electrons. The maximum atomic E-state index is 13.1. The van der Waals surface area contributed by atoms with E-state index in [1.807, 2.05) is 67.6 Å². The number of carbonyl (C=O) groups is 2. The standard InChI is InChI=1S/C24H22N4O2/c1-17-9-8-10-18(15-17)16-25-23(29)22-26-21(20-13-6-7-14-28(20)22)24(30)27(2)19-11-4-3-5-12-19/h3-15H,16H2,1-2H3,(H,25,29). The molecule has 0 unspecified atom stereocenters. The van der Waals surface area contributed by atoms with E-state index in [4.69, 9.17) is 0 Å². The van der Waals surface area contributed by atoms with Gasteiger partial charge in [-0.3, -0.25) is 14.0 Å². The van der Waals surface area contributed by atoms with Crippen molar-refractivity contribution in [2.45, 2.75) is 13.5 Å². The first-order chi connectivity index (χ1) is 14.5. The summed E-state index contributed by atoms with van der Waals surface area (Å²) in [5.74, 6) is -0.426. The maximum absolute atomic E-state index is 13.1. The molecule has 2 aromatic heterocycles. The number of benzene rings is 2. The number of pyridine rings is 1. The van der Waals surface area contributed by atoms with Gasteiger partial charge in [0.1, 0.15) is 0 Å². The predicted molar refractivity (Wildman–Crippen MR) is 117 cm³/mol. The molecule has 0 spiro atoms. The Bertz CT molecular complexity index is 1210. The van der Waals surface area contributed by atoms with Gasteiger partial charge in [-0.15, -0.1) is 0 Å². The Kier molecular flexibility index (Phi) is 5.30. The largest absolute Gasteiger partial charge is 0.345 e. The van der Waals surface area contributed by atoms with Gasteiger partial charge in [-0.2, -0.15) is 0 Å². The molecule has 0 atom stereocenters. The molecule has 4 aromatic rings. The second kappa shape index (κ2) is 8.21. The Hall–Kier alpha value is -3.93. The van der Waals surface area contributed by atoms with Crippen molar-refractivity contribution < 1.29 is 9.59 Å². The summed E-state index contributed by atoms with van der Waals surface area (Å²) >= 11 is 0. The highest BCUT2D eigenvalue weighted by atomic mass is 16.2. The lowest BCUT2D eigenvalue weighted by atomic mass is 10.1. The quantitative estimate of drug-likeness (QED) is 0.555. The zero-order chi connectivity index (χ0) is 21.1. The van der Waals surface area contributed by atoms with Crippen molar-refractivity contribution in [3.05, 3.63) is 102 Å². The lowest BCUT2D eigenvalue weighted by Gasteiger charge is -2.16. The van der Waals surface area contributed by atoms with E-state index in [1.165, 1.54) is 4.90 Å². The van der Waals surface area contributed by atoms with Crippen LogP contribution in [0.1, 0.15) is 32.2 Å². The van der Waals surface area contributed by atoms with Gasteiger partial charge in [-0.05, 0) is 36.8 Å². The fraction of sp³-hybridized carbons (Fsp3) is 0.125. The summed E-state index contributed by atoms with van der Waals surface area (Å²) in [5, 5.41) is 2.90. The monoisotopic (exact) mass is 398 g/mol. The predicted octanol–water partition coefficient (Wildman–Crippen LogP) is 3.85. The smallest absolute Gasteiger partial charge is 0.287 e. The first-order valence-electron chi connectivity index (χ1n) is 9.68. The second-order valence-electron chi connectivity index (χ2n) is 7.11. The molecular formula is C24H22N4O2. The number of nitrogens with one attached hydrogen (secondary N) is 1. The number of carbonyl (C=O) groups excluding carboxylic acids is 2. The maximum Gasteiger partial charge on any atom is 0.287 e. The van der Waals surface area contributed by atoms with Crippen molar-refractivity contribution in [1.82, 2.24) is 14.7 Å². The van der Waals surface area contributed by atoms with Crippen LogP contribution in [-0.2, 0) is 6.54 Å². The Labute approximate surface area is 174 Å². The van der Waals surface area contributed by atoms with Crippen LogP contribution in [0.25, 0.3) is 5.52 Å². The number of aromatic nitrogens is 2. The topological polar surface area (TPSA) is 66.7 Å². The minimum atomic E-state index is -0.334. The van der Waals surface area contributed by atoms with E-state index in [9.17, 15) is 9.59 Å². The van der Waals surface area contributed by atoms with Gasteiger partial charge in [0, 0.05) is 25.5 Å². The highest BCUT2D eigenvalue weighted by Crippen LogP contribution is 2.19. The molecule has 0 aliphatic heterocycles. The molecule has 0 aliphatic carbocycles. The number of imidazole rings is 1. The summed E-state index contributed by atoms with van der Waals surface area (Å²) < 4.78 is 1.65. The second-order valence-corrected chi connectivity index (χ2v) is 7.11. The zero-order valence-corrected chi connectivity index (χ0v) is 16.9. The fourth-order valence-corrected chi connectivity index (χ4v) is 3.37. The van der Waals surface area contributed by atoms with Crippen LogP contribution in [0.3, 0.4) is 0 Å². The number of hydrogen-bond acceptors (Lipinski definition) is 3. The molecule has 2 aromatic carbocycles. The Morgan fingerprint density at radius 2 is 1.77 bits per heavy atom. The van der Waals surface area contributed by atoms with Crippen LogP contribution in [0.15, 0.2) is 79.0 Å². The van der Waals surface area contributed by atoms with Crippen LogP contribution >= 0.6 is 0 Å². The summed E-state index contributed by atoms with van der Waals surface area (Å²) in [6.45, 7) is 2.39. The van der Waals surface area contributed by atoms with Crippen molar-refractivity contribution >= 4 is 23.0 Å². The highest BCUT2D eigenvalue weighted by molar-refractivity contribution is 6.10. The molecule has 6 heteroatoms. The van der Waals surface area contributed by atoms with Gasteiger partial charge in [0.15, 0.2) is 5.69 Å². The van der Waals surface area contributed by atoms with Gasteiger partial charge in [0.25, 0.3) is 11.8 Å². The van der Waals surface area contributed by atoms with Crippen LogP contribution < -0.4 is 10.2 Å². The van der Waals surface area contributed by atoms with E-state index < -0.39 is 0 Å². The zero-order valence-electron chi connectivity index (χ0n) is 16.9. The molecule has 0 fully saturated rings. The van der Waals surface area contributed by atoms with Gasteiger partial charge in [-0.1, -0.05) is 54.1 Å². The van der Waals surface area contributed by atoms with Crippen LogP contribution in [0.4, 0.5) is 5.69 Å². The first kappa shape index (κ1) is 19.4. The Balaban J connectivity index is 1.63. The van der Waals surface area contributed by atoms with Gasteiger partial charge in [0.05, 0.1) is 5.52 Å². The summed E-state index contributed by atoms with van der Waals surface area (Å²) in [6, 6.07) is 22.7. The van der Waals surface area contributed by atoms with Gasteiger partial charge >= 0.3 is 0 Å². The third kappa shape index (κ3) is 3.80. The average molecular weight is 398 g/mol. The van der Waals surface area contributed by atoms with Gasteiger partial charge < -0.3 is 10.2 Å². The van der Waals surface area contributed by atoms with Crippen molar-refractivity contribution in [1.29, 1.82) is 0 Å². The van der Waals surface area contributed by atoms with Crippen LogP contribution in [0.5, 0.6) is 0 Å². The summed E-state index contributed by atoms with van der Waals surface area (Å²) in [5.41, 5.74) is 3.72. The third-order valence-electron chi connectivity index (χ3n) is 4.94. The van der Waals surface area contributed by atoms with E-state index >= 15 is 0 Å². The number of amides is 2. The highest BCUT2D eigenvalue weighted by Gasteiger charge is 2.24. The number of anilines is 1. The Morgan fingerprint density at radius 3 is 2.53 bits per heavy atom. The Morgan fingerprint density at radius 1 is 1.00 bits per heavy atom. The van der Waals surface area contributed by atoms with Crippen molar-refractivity contribution in [2.75, 3.05) is 11.9 Å². The molecule has 30 heavy (non-hydrogen) atoms. The van der Waals surface area contributed by atoms with Crippen LogP contribution in [0, 0.1) is 6.92 Å². The van der Waals surface area contributed by atoms with Gasteiger partial charge in [0.2, 0.25) is 5.82 Å². The molecule has 6 nitrogen and oxygen atoms in total. The molecule has 0 bridgehead atoms. The average Bonchev–Trinajstić information content (AvgIpc) is 3.17. The number of para-hydroxylation sites is 1. The van der Waals surface area contributed by atoms with Crippen molar-refractivity contribution in [3.63, 3.8) is 0 Å². The van der Waals surface area contributed by atoms with E-state index in [-0.39, 0.29) is 23.3 Å². The van der Waals surface area contributed by atoms with Crippen LogP contribution in [-0.4, -0.2) is 28.2 Å². The fourth-order valence-electron chi connectivity index (χ4n) is 3.37. The number of rotatable bonds is 5. The molecule has 150 valence electrons. The number of aryl methyl sites for hydroxylation is 1. The normalized spacial score (nSPS) is 10.7. The number of fused-ring (bicyclic) bond motifs is 1. The van der Waals surface area contributed by atoms with E-state index in [0.29, 0.717) is 12.1 Å². The lowest BCUT2D eigenvalue weighted by molar-refractivity contribution is 0.0940. The number of nitrogens with zero attached hydrogens (tertiary/aromatic N) is 3. The SMILES string of the molecule is Cc1cccc(CNC(=O)c2nc(C(=O)N(C)c3ccccc3)c3ccccn23)c1. The molecule has 0 saturated heterocycles. The third-order valence-corrected chi connectivity index (χ3v) is 4.94. The number of hydrogen-bond donors (Lipinski definition) is 1. The summed E-state index contributed by atoms with van der Waals surface area (Å²) in [7, 11) is 1.70. The first-order valence-corrected chi connectivity index (χ1v) is 9.68. The molecule has 4 rings (SSSR count). The molecule has 0 saturated carbocycles. The van der Waals surface area contributed by atoms with E-state index in [1.54, 1.807) is 29.8 Å². The summed E-state index contributed by atoms with van der Waals surface area (Å²) in [6.07, 6.45) is 1.74.